The maximum absolute atomic E-state index is 13.5. The number of anilines is 2. The summed E-state index contributed by atoms with van der Waals surface area (Å²) in [5, 5.41) is 7.75. The van der Waals surface area contributed by atoms with Crippen molar-refractivity contribution in [2.24, 2.45) is 5.10 Å². The Kier molecular flexibility index (Phi) is 7.81. The van der Waals surface area contributed by atoms with Crippen LogP contribution in [0.15, 0.2) is 70.7 Å². The van der Waals surface area contributed by atoms with E-state index in [0.29, 0.717) is 32.9 Å². The predicted molar refractivity (Wildman–Crippen MR) is 145 cm³/mol. The lowest BCUT2D eigenvalue weighted by Gasteiger charge is -2.25. The molecule has 6 nitrogen and oxygen atoms in total. The summed E-state index contributed by atoms with van der Waals surface area (Å²) in [7, 11) is -2.72. The Morgan fingerprint density at radius 2 is 1.72 bits per heavy atom. The van der Waals surface area contributed by atoms with Crippen LogP contribution in [0.2, 0.25) is 15.1 Å². The van der Waals surface area contributed by atoms with Crippen molar-refractivity contribution >= 4 is 71.2 Å². The Labute approximate surface area is 224 Å². The first kappa shape index (κ1) is 27.0. The first-order valence-corrected chi connectivity index (χ1v) is 13.7. The largest absolute Gasteiger partial charge is 0.398 e. The fourth-order valence-corrected chi connectivity index (χ4v) is 5.70. The number of hydrogen-bond acceptors (Lipinski definition) is 5. The summed E-state index contributed by atoms with van der Waals surface area (Å²) in [4.78, 5) is -0.300. The molecule has 0 fully saturated rings. The first-order chi connectivity index (χ1) is 16.8. The number of nitrogen functional groups attached to an aromatic ring is 1. The van der Waals surface area contributed by atoms with Gasteiger partial charge in [-0.05, 0) is 48.0 Å². The molecular formula is C23H20Cl3F2N4O2PS. The van der Waals surface area contributed by atoms with E-state index in [-0.39, 0.29) is 23.2 Å². The number of halogens is 5. The fourth-order valence-electron chi connectivity index (χ4n) is 3.77. The molecule has 0 radical (unpaired) electrons. The number of benzene rings is 3. The molecule has 0 saturated carbocycles. The molecule has 4 rings (SSSR count). The third kappa shape index (κ3) is 5.93. The van der Waals surface area contributed by atoms with E-state index in [2.05, 4.69) is 9.82 Å². The van der Waals surface area contributed by atoms with Gasteiger partial charge in [0.15, 0.2) is 0 Å². The number of rotatable bonds is 7. The van der Waals surface area contributed by atoms with Gasteiger partial charge in [-0.1, -0.05) is 62.2 Å². The molecule has 36 heavy (non-hydrogen) atoms. The topological polar surface area (TPSA) is 87.8 Å². The van der Waals surface area contributed by atoms with E-state index in [4.69, 9.17) is 40.5 Å². The van der Waals surface area contributed by atoms with Crippen molar-refractivity contribution in [2.75, 3.05) is 17.3 Å². The van der Waals surface area contributed by atoms with E-state index in [9.17, 15) is 17.2 Å². The molecule has 2 atom stereocenters. The Morgan fingerprint density at radius 1 is 1.06 bits per heavy atom. The third-order valence-corrected chi connectivity index (χ3v) is 8.13. The molecule has 1 aliphatic heterocycles. The number of nitrogens with two attached hydrogens (primary N) is 1. The predicted octanol–water partition coefficient (Wildman–Crippen LogP) is 6.44. The maximum atomic E-state index is 13.5. The smallest absolute Gasteiger partial charge is 0.283 e. The molecular weight excluding hydrogens is 572 g/mol. The summed E-state index contributed by atoms with van der Waals surface area (Å²) >= 11 is 18.5. The van der Waals surface area contributed by atoms with E-state index < -0.39 is 21.3 Å². The maximum Gasteiger partial charge on any atom is 0.283 e. The average Bonchev–Trinajstić information content (AvgIpc) is 3.21. The number of hydrogen-bond donors (Lipinski definition) is 2. The highest BCUT2D eigenvalue weighted by Crippen LogP contribution is 2.40. The second-order valence-corrected chi connectivity index (χ2v) is 11.8. The fraction of sp³-hybridized carbons (Fsp3) is 0.174. The van der Waals surface area contributed by atoms with E-state index in [1.807, 2.05) is 12.1 Å². The van der Waals surface area contributed by atoms with Gasteiger partial charge in [0.2, 0.25) is 10.0 Å². The molecule has 13 heteroatoms. The minimum atomic E-state index is -4.11. The van der Waals surface area contributed by atoms with Crippen LogP contribution in [0.4, 0.5) is 20.2 Å². The number of nitrogens with one attached hydrogen (secondary N) is 1. The second kappa shape index (κ2) is 10.4. The summed E-state index contributed by atoms with van der Waals surface area (Å²) in [6.07, 6.45) is 0.386. The standard InChI is InChI=1S/C23H20Cl3F2N4O2PS/c24-15-4-1-13(2-5-15)21-11-17(31-32(21)20-7-6-16(25)10-18(20)26)12-30-36(33,34)22-8-3-14(9-19(22)29)23(27,28)35/h1-10,21,30H,11-12,29,35H2. The van der Waals surface area contributed by atoms with E-state index in [0.717, 1.165) is 23.8 Å². The van der Waals surface area contributed by atoms with Crippen LogP contribution in [0.5, 0.6) is 0 Å². The lowest BCUT2D eigenvalue weighted by molar-refractivity contribution is 0.104. The molecule has 2 unspecified atom stereocenters. The monoisotopic (exact) mass is 590 g/mol. The van der Waals surface area contributed by atoms with Gasteiger partial charge in [0.05, 0.1) is 34.7 Å². The van der Waals surface area contributed by atoms with Crippen LogP contribution in [0, 0.1) is 0 Å². The van der Waals surface area contributed by atoms with Crippen molar-refractivity contribution in [1.82, 2.24) is 4.72 Å². The summed E-state index contributed by atoms with van der Waals surface area (Å²) in [5.74, 6) is 0. The van der Waals surface area contributed by atoms with Crippen molar-refractivity contribution in [1.29, 1.82) is 0 Å². The van der Waals surface area contributed by atoms with E-state index in [1.165, 1.54) is 9.24 Å². The van der Waals surface area contributed by atoms with E-state index in [1.54, 1.807) is 35.3 Å². The molecule has 0 amide bonds. The van der Waals surface area contributed by atoms with Gasteiger partial charge in [-0.3, -0.25) is 5.01 Å². The van der Waals surface area contributed by atoms with Gasteiger partial charge >= 0.3 is 0 Å². The van der Waals surface area contributed by atoms with Gasteiger partial charge in [-0.15, -0.1) is 0 Å². The highest BCUT2D eigenvalue weighted by atomic mass is 35.5. The second-order valence-electron chi connectivity index (χ2n) is 8.08. The molecule has 1 heterocycles. The molecule has 190 valence electrons. The zero-order valence-corrected chi connectivity index (χ0v) is 22.7. The van der Waals surface area contributed by atoms with Crippen LogP contribution in [0.1, 0.15) is 23.6 Å². The van der Waals surface area contributed by atoms with E-state index >= 15 is 0 Å². The van der Waals surface area contributed by atoms with Gasteiger partial charge in [-0.2, -0.15) is 13.9 Å². The number of sulfonamides is 1. The SMILES string of the molecule is Nc1cc(C(F)(F)P)ccc1S(=O)(=O)NCC1=NN(c2ccc(Cl)cc2Cl)C(c2ccc(Cl)cc2)C1. The molecule has 3 aromatic rings. The minimum absolute atomic E-state index is 0.130. The normalized spacial score (nSPS) is 16.3. The first-order valence-electron chi connectivity index (χ1n) is 10.5. The minimum Gasteiger partial charge on any atom is -0.398 e. The molecule has 0 aromatic heterocycles. The van der Waals surface area contributed by atoms with Crippen molar-refractivity contribution in [2.45, 2.75) is 23.0 Å². The van der Waals surface area contributed by atoms with Gasteiger partial charge < -0.3 is 5.73 Å². The summed E-state index contributed by atoms with van der Waals surface area (Å²) in [6, 6.07) is 15.0. The molecule has 0 aliphatic carbocycles. The van der Waals surface area contributed by atoms with Gasteiger partial charge in [0.1, 0.15) is 4.90 Å². The van der Waals surface area contributed by atoms with Crippen molar-refractivity contribution in [3.63, 3.8) is 0 Å². The quantitative estimate of drug-likeness (QED) is 0.245. The third-order valence-electron chi connectivity index (χ3n) is 5.54. The molecule has 0 bridgehead atoms. The van der Waals surface area contributed by atoms with Gasteiger partial charge in [0.25, 0.3) is 5.66 Å². The van der Waals surface area contributed by atoms with Crippen LogP contribution in [0.3, 0.4) is 0 Å². The van der Waals surface area contributed by atoms with Crippen LogP contribution >= 0.6 is 44.0 Å². The Bertz CT molecular complexity index is 1430. The molecule has 0 spiro atoms. The molecule has 3 N–H and O–H groups in total. The summed E-state index contributed by atoms with van der Waals surface area (Å²) < 4.78 is 55.3. The van der Waals surface area contributed by atoms with Crippen molar-refractivity contribution in [3.8, 4) is 0 Å². The zero-order valence-electron chi connectivity index (χ0n) is 18.4. The highest BCUT2D eigenvalue weighted by molar-refractivity contribution is 7.89. The Morgan fingerprint density at radius 3 is 2.33 bits per heavy atom. The van der Waals surface area contributed by atoms with Crippen LogP contribution in [-0.4, -0.2) is 20.7 Å². The van der Waals surface area contributed by atoms with Crippen molar-refractivity contribution < 1.29 is 17.2 Å². The highest BCUT2D eigenvalue weighted by Gasteiger charge is 2.32. The van der Waals surface area contributed by atoms with Crippen molar-refractivity contribution in [3.05, 3.63) is 86.9 Å². The molecule has 1 aliphatic rings. The summed E-state index contributed by atoms with van der Waals surface area (Å²) in [5.41, 5.74) is 3.87. The van der Waals surface area contributed by atoms with Crippen LogP contribution < -0.4 is 15.5 Å². The van der Waals surface area contributed by atoms with Crippen LogP contribution in [0.25, 0.3) is 0 Å². The van der Waals surface area contributed by atoms with Gasteiger partial charge in [0, 0.05) is 22.0 Å². The Balaban J connectivity index is 1.60. The Hall–Kier alpha value is -2.00. The van der Waals surface area contributed by atoms with Crippen LogP contribution in [-0.2, 0) is 15.7 Å². The molecule has 3 aromatic carbocycles. The number of alkyl halides is 2. The summed E-state index contributed by atoms with van der Waals surface area (Å²) in [6.45, 7) is -0.130. The molecule has 0 saturated heterocycles. The lowest BCUT2D eigenvalue weighted by Crippen LogP contribution is -2.30. The number of nitrogens with zero attached hydrogens (tertiary/aromatic N) is 2. The zero-order chi connectivity index (χ0) is 26.3. The number of hydrazone groups is 1. The lowest BCUT2D eigenvalue weighted by atomic mass is 10.0. The van der Waals surface area contributed by atoms with Gasteiger partial charge in [-0.25, -0.2) is 13.1 Å². The average molecular weight is 592 g/mol.